The van der Waals surface area contributed by atoms with Gasteiger partial charge in [0.2, 0.25) is 0 Å². The van der Waals surface area contributed by atoms with Crippen LogP contribution < -0.4 is 0 Å². The van der Waals surface area contributed by atoms with Crippen molar-refractivity contribution >= 4 is 5.78 Å². The number of allylic oxidation sites excluding steroid dienone is 2. The Morgan fingerprint density at radius 2 is 2.17 bits per heavy atom. The summed E-state index contributed by atoms with van der Waals surface area (Å²) in [6.07, 6.45) is 7.56. The molecule has 0 amide bonds. The first-order valence-corrected chi connectivity index (χ1v) is 9.05. The predicted molar refractivity (Wildman–Crippen MR) is 96.8 cm³/mol. The Kier molecular flexibility index (Phi) is 8.88. The summed E-state index contributed by atoms with van der Waals surface area (Å²) in [6.45, 7) is 8.41. The highest BCUT2D eigenvalue weighted by Crippen LogP contribution is 2.31. The van der Waals surface area contributed by atoms with Crippen LogP contribution in [0.15, 0.2) is 23.3 Å². The molecule has 0 aromatic heterocycles. The number of hydrogen-bond acceptors (Lipinski definition) is 4. The number of rotatable bonds is 8. The van der Waals surface area contributed by atoms with Crippen molar-refractivity contribution in [1.82, 2.24) is 0 Å². The minimum atomic E-state index is -0.576. The molecule has 0 spiro atoms. The molecule has 1 saturated heterocycles. The smallest absolute Gasteiger partial charge is 0.139 e. The van der Waals surface area contributed by atoms with Gasteiger partial charge in [-0.15, -0.1) is 0 Å². The maximum Gasteiger partial charge on any atom is 0.139 e. The lowest BCUT2D eigenvalue weighted by Crippen LogP contribution is -2.41. The molecule has 0 saturated carbocycles. The van der Waals surface area contributed by atoms with Crippen molar-refractivity contribution in [2.45, 2.75) is 77.9 Å². The molecule has 1 aliphatic heterocycles. The third-order valence-electron chi connectivity index (χ3n) is 4.98. The molecule has 3 atom stereocenters. The number of hydrogen-bond donors (Lipinski definition) is 2. The Labute approximate surface area is 146 Å². The summed E-state index contributed by atoms with van der Waals surface area (Å²) in [6, 6.07) is 0. The van der Waals surface area contributed by atoms with Gasteiger partial charge in [0.15, 0.2) is 0 Å². The van der Waals surface area contributed by atoms with Gasteiger partial charge in [-0.1, -0.05) is 24.6 Å². The minimum absolute atomic E-state index is 0.0107. The van der Waals surface area contributed by atoms with E-state index in [4.69, 9.17) is 9.84 Å². The Morgan fingerprint density at radius 1 is 1.46 bits per heavy atom. The Morgan fingerprint density at radius 3 is 2.79 bits per heavy atom. The highest BCUT2D eigenvalue weighted by molar-refractivity contribution is 5.82. The van der Waals surface area contributed by atoms with Crippen LogP contribution in [0.2, 0.25) is 0 Å². The van der Waals surface area contributed by atoms with Gasteiger partial charge in [0, 0.05) is 12.3 Å². The largest absolute Gasteiger partial charge is 0.392 e. The second-order valence-electron chi connectivity index (χ2n) is 7.45. The van der Waals surface area contributed by atoms with Crippen molar-refractivity contribution in [2.24, 2.45) is 5.92 Å². The van der Waals surface area contributed by atoms with Gasteiger partial charge in [0.05, 0.1) is 24.9 Å². The molecule has 4 heteroatoms. The van der Waals surface area contributed by atoms with Crippen molar-refractivity contribution in [3.63, 3.8) is 0 Å². The molecule has 0 aromatic rings. The van der Waals surface area contributed by atoms with E-state index in [1.807, 2.05) is 33.8 Å². The maximum atomic E-state index is 12.1. The number of carbonyl (C=O) groups excluding carboxylic acids is 1. The van der Waals surface area contributed by atoms with Crippen molar-refractivity contribution in [2.75, 3.05) is 13.2 Å². The van der Waals surface area contributed by atoms with E-state index >= 15 is 0 Å². The molecule has 24 heavy (non-hydrogen) atoms. The van der Waals surface area contributed by atoms with Crippen LogP contribution in [0, 0.1) is 5.92 Å². The first-order valence-electron chi connectivity index (χ1n) is 9.05. The third-order valence-corrected chi connectivity index (χ3v) is 4.98. The molecule has 1 heterocycles. The summed E-state index contributed by atoms with van der Waals surface area (Å²) < 4.78 is 5.97. The second-order valence-corrected chi connectivity index (χ2v) is 7.45. The monoisotopic (exact) mass is 338 g/mol. The quantitative estimate of drug-likeness (QED) is 0.664. The average Bonchev–Trinajstić information content (AvgIpc) is 2.66. The van der Waals surface area contributed by atoms with E-state index in [1.54, 1.807) is 6.08 Å². The van der Waals surface area contributed by atoms with Crippen molar-refractivity contribution < 1.29 is 19.7 Å². The zero-order chi connectivity index (χ0) is 18.2. The molecule has 0 aliphatic carbocycles. The molecule has 0 radical (unpaired) electrons. The Hall–Kier alpha value is -0.970. The fraction of sp³-hybridized carbons (Fsp3) is 0.750. The minimum Gasteiger partial charge on any atom is -0.392 e. The van der Waals surface area contributed by atoms with Gasteiger partial charge in [0.1, 0.15) is 5.78 Å². The number of aliphatic hydroxyl groups is 2. The zero-order valence-corrected chi connectivity index (χ0v) is 15.7. The zero-order valence-electron chi connectivity index (χ0n) is 15.7. The van der Waals surface area contributed by atoms with E-state index in [9.17, 15) is 9.90 Å². The van der Waals surface area contributed by atoms with Crippen molar-refractivity contribution in [3.8, 4) is 0 Å². The Balaban J connectivity index is 2.48. The third kappa shape index (κ3) is 6.88. The van der Waals surface area contributed by atoms with Crippen LogP contribution in [-0.2, 0) is 9.53 Å². The van der Waals surface area contributed by atoms with Crippen LogP contribution >= 0.6 is 0 Å². The second kappa shape index (κ2) is 10.1. The normalized spacial score (nSPS) is 27.6. The van der Waals surface area contributed by atoms with E-state index in [2.05, 4.69) is 0 Å². The van der Waals surface area contributed by atoms with Gasteiger partial charge in [-0.3, -0.25) is 4.79 Å². The summed E-state index contributed by atoms with van der Waals surface area (Å²) in [7, 11) is 0. The van der Waals surface area contributed by atoms with Gasteiger partial charge in [-0.05, 0) is 58.4 Å². The number of carbonyl (C=O) groups is 1. The molecule has 1 aliphatic rings. The molecule has 4 nitrogen and oxygen atoms in total. The van der Waals surface area contributed by atoms with Crippen LogP contribution in [0.1, 0.15) is 66.2 Å². The molecule has 3 unspecified atom stereocenters. The van der Waals surface area contributed by atoms with Gasteiger partial charge < -0.3 is 14.9 Å². The summed E-state index contributed by atoms with van der Waals surface area (Å²) in [5.41, 5.74) is 1.64. The molecular weight excluding hydrogens is 304 g/mol. The van der Waals surface area contributed by atoms with Crippen LogP contribution in [0.4, 0.5) is 0 Å². The van der Waals surface area contributed by atoms with Gasteiger partial charge >= 0.3 is 0 Å². The molecule has 1 rings (SSSR count). The van der Waals surface area contributed by atoms with Gasteiger partial charge in [0.25, 0.3) is 0 Å². The molecule has 2 N–H and O–H groups in total. The highest BCUT2D eigenvalue weighted by atomic mass is 16.5. The fourth-order valence-corrected chi connectivity index (χ4v) is 3.01. The van der Waals surface area contributed by atoms with Gasteiger partial charge in [-0.2, -0.15) is 0 Å². The van der Waals surface area contributed by atoms with E-state index in [0.717, 1.165) is 31.3 Å². The Bertz CT molecular complexity index is 462. The number of ether oxygens (including phenoxy) is 1. The predicted octanol–water partition coefficient (Wildman–Crippen LogP) is 3.57. The van der Waals surface area contributed by atoms with Gasteiger partial charge in [-0.25, -0.2) is 0 Å². The topological polar surface area (TPSA) is 66.8 Å². The molecule has 0 aromatic carbocycles. The van der Waals surface area contributed by atoms with E-state index in [-0.39, 0.29) is 18.3 Å². The average molecular weight is 338 g/mol. The van der Waals surface area contributed by atoms with Crippen molar-refractivity contribution in [1.29, 1.82) is 0 Å². The lowest BCUT2D eigenvalue weighted by molar-refractivity contribution is -0.122. The highest BCUT2D eigenvalue weighted by Gasteiger charge is 2.35. The summed E-state index contributed by atoms with van der Waals surface area (Å²) in [5.74, 6) is 0.314. The number of Topliss-reactive ketones (excluding diaryl/α,β-unsaturated/α-hetero) is 1. The van der Waals surface area contributed by atoms with Crippen LogP contribution in [0.5, 0.6) is 0 Å². The number of aliphatic hydroxyl groups excluding tert-OH is 2. The van der Waals surface area contributed by atoms with Crippen LogP contribution in [0.3, 0.4) is 0 Å². The van der Waals surface area contributed by atoms with E-state index < -0.39 is 11.7 Å². The lowest BCUT2D eigenvalue weighted by Gasteiger charge is -2.33. The summed E-state index contributed by atoms with van der Waals surface area (Å²) >= 11 is 0. The first kappa shape index (κ1) is 21.1. The standard InChI is InChI=1S/C20H34O4/c1-15(2)7-9-18(22)16(3)6-5-12-20(4)19(23)10-8-17(11-13-21)14-24-20/h7,11,16,19,21,23H,5-6,8-10,12-14H2,1-4H3/b17-11-. The molecule has 138 valence electrons. The fourth-order valence-electron chi connectivity index (χ4n) is 3.01. The lowest BCUT2D eigenvalue weighted by atomic mass is 9.87. The van der Waals surface area contributed by atoms with E-state index in [1.165, 1.54) is 5.57 Å². The molecule has 0 bridgehead atoms. The van der Waals surface area contributed by atoms with E-state index in [0.29, 0.717) is 19.4 Å². The maximum absolute atomic E-state index is 12.1. The van der Waals surface area contributed by atoms with Crippen LogP contribution in [0.25, 0.3) is 0 Å². The number of ketones is 1. The van der Waals surface area contributed by atoms with Crippen LogP contribution in [-0.4, -0.2) is 40.9 Å². The summed E-state index contributed by atoms with van der Waals surface area (Å²) in [5, 5.41) is 19.4. The molecular formula is C20H34O4. The summed E-state index contributed by atoms with van der Waals surface area (Å²) in [4.78, 5) is 12.1. The van der Waals surface area contributed by atoms with Crippen molar-refractivity contribution in [3.05, 3.63) is 23.3 Å². The first-order chi connectivity index (χ1) is 11.3. The SMILES string of the molecule is CC(C)=CCC(=O)C(C)CCCC1(C)OC/C(=C\CO)CCC1O. The molecule has 1 fully saturated rings.